The Hall–Kier alpha value is -5.19. The van der Waals surface area contributed by atoms with Crippen LogP contribution < -0.4 is 37.5 Å². The van der Waals surface area contributed by atoms with E-state index in [1.807, 2.05) is 49.3 Å². The Bertz CT molecular complexity index is 2170. The predicted molar refractivity (Wildman–Crippen MR) is 269 cm³/mol. The molecule has 0 saturated carbocycles. The molecule has 1 aromatic heterocycles. The van der Waals surface area contributed by atoms with E-state index >= 15 is 0 Å². The molecule has 1 aliphatic heterocycles. The number of benzene rings is 1. The number of primary amides is 1. The summed E-state index contributed by atoms with van der Waals surface area (Å²) in [5, 5.41) is 12.4. The molecule has 0 bridgehead atoms. The van der Waals surface area contributed by atoms with Crippen molar-refractivity contribution in [3.05, 3.63) is 40.3 Å². The van der Waals surface area contributed by atoms with Gasteiger partial charge in [-0.3, -0.25) is 33.7 Å². The smallest absolute Gasteiger partial charge is 0.312 e. The number of anilines is 1. The van der Waals surface area contributed by atoms with E-state index < -0.39 is 70.0 Å². The second-order valence-corrected chi connectivity index (χ2v) is 21.5. The lowest BCUT2D eigenvalue weighted by atomic mass is 9.91. The minimum Gasteiger partial charge on any atom is -0.455 e. The summed E-state index contributed by atoms with van der Waals surface area (Å²) in [4.78, 5) is 99.9. The highest BCUT2D eigenvalue weighted by Crippen LogP contribution is 2.32. The molecule has 9 N–H and O–H groups in total. The normalized spacial score (nSPS) is 16.8. The average molecular weight is 1020 g/mol. The molecule has 2 aromatic rings. The van der Waals surface area contributed by atoms with Crippen molar-refractivity contribution in [3.63, 3.8) is 0 Å². The molecule has 1 fully saturated rings. The number of amides is 7. The van der Waals surface area contributed by atoms with Crippen molar-refractivity contribution in [1.82, 2.24) is 35.5 Å². The zero-order valence-corrected chi connectivity index (χ0v) is 44.0. The lowest BCUT2D eigenvalue weighted by Crippen LogP contribution is -2.59. The fraction of sp³-hybridized carbons (Fsp3) is 0.667. The average Bonchev–Trinajstić information content (AvgIpc) is 3.81. The number of carbonyl (C=O) groups is 7. The summed E-state index contributed by atoms with van der Waals surface area (Å²) < 4.78 is 34.8. The van der Waals surface area contributed by atoms with Gasteiger partial charge in [0.15, 0.2) is 6.10 Å². The number of rotatable bonds is 28. The van der Waals surface area contributed by atoms with Gasteiger partial charge in [0.2, 0.25) is 23.6 Å². The lowest BCUT2D eigenvalue weighted by molar-refractivity contribution is -0.149. The number of hydrogen-bond donors (Lipinski definition) is 7. The highest BCUT2D eigenvalue weighted by atomic mass is 32.2. The number of likely N-dealkylation sites (N-methyl/N-ethyl adjacent to an activating group) is 1. The molecule has 7 atom stereocenters. The molecule has 3 rings (SSSR count). The number of likely N-dealkylation sites (tertiary alicyclic amines) is 1. The first kappa shape index (κ1) is 59.1. The van der Waals surface area contributed by atoms with E-state index in [9.17, 15) is 42.0 Å². The molecule has 0 radical (unpaired) electrons. The van der Waals surface area contributed by atoms with E-state index in [1.165, 1.54) is 36.6 Å². The minimum atomic E-state index is -4.48. The number of piperidine rings is 1. The number of esters is 1. The molecule has 7 amide bonds. The van der Waals surface area contributed by atoms with Crippen molar-refractivity contribution in [2.24, 2.45) is 29.2 Å². The van der Waals surface area contributed by atoms with Gasteiger partial charge in [0.05, 0.1) is 17.0 Å². The molecule has 0 aliphatic carbocycles. The first-order valence-corrected chi connectivity index (χ1v) is 26.9. The predicted octanol–water partition coefficient (Wildman–Crippen LogP) is 4.56. The maximum absolute atomic E-state index is 14.9. The van der Waals surface area contributed by atoms with E-state index in [1.54, 1.807) is 13.8 Å². The number of sulfonamides is 1. The quantitative estimate of drug-likeness (QED) is 0.0455. The van der Waals surface area contributed by atoms with Gasteiger partial charge in [-0.05, 0) is 87.7 Å². The second kappa shape index (κ2) is 28.6. The van der Waals surface area contributed by atoms with Gasteiger partial charge in [-0.15, -0.1) is 11.3 Å². The van der Waals surface area contributed by atoms with Crippen molar-refractivity contribution >= 4 is 68.6 Å². The van der Waals surface area contributed by atoms with Gasteiger partial charge in [-0.25, -0.2) is 22.9 Å². The van der Waals surface area contributed by atoms with Crippen molar-refractivity contribution in [3.8, 4) is 0 Å². The summed E-state index contributed by atoms with van der Waals surface area (Å²) in [7, 11) is -2.55. The zero-order chi connectivity index (χ0) is 52.3. The van der Waals surface area contributed by atoms with Crippen molar-refractivity contribution in [2.75, 3.05) is 32.0 Å². The Morgan fingerprint density at radius 2 is 1.61 bits per heavy atom. The number of unbranched alkanes of at least 4 members (excludes halogenated alkanes) is 3. The van der Waals surface area contributed by atoms with Crippen molar-refractivity contribution in [1.29, 1.82) is 0 Å². The van der Waals surface area contributed by atoms with E-state index in [2.05, 4.69) is 33.2 Å². The van der Waals surface area contributed by atoms with Gasteiger partial charge >= 0.3 is 12.0 Å². The Kier molecular flexibility index (Phi) is 24.2. The Balaban J connectivity index is 1.84. The first-order chi connectivity index (χ1) is 33.0. The fourth-order valence-electron chi connectivity index (χ4n) is 8.12. The Labute approximate surface area is 418 Å². The number of hydrogen-bond acceptors (Lipinski definition) is 14. The molecule has 0 unspecified atom stereocenters. The Morgan fingerprint density at radius 1 is 0.929 bits per heavy atom. The van der Waals surface area contributed by atoms with E-state index in [0.29, 0.717) is 25.8 Å². The summed E-state index contributed by atoms with van der Waals surface area (Å²) in [5.74, 6) is -3.77. The van der Waals surface area contributed by atoms with Gasteiger partial charge < -0.3 is 42.4 Å². The Morgan fingerprint density at radius 3 is 2.20 bits per heavy atom. The van der Waals surface area contributed by atoms with Crippen LogP contribution in [0.15, 0.2) is 34.5 Å². The number of aromatic nitrogens is 1. The molecule has 22 heteroatoms. The number of carbonyl (C=O) groups excluding carboxylic acids is 7. The van der Waals surface area contributed by atoms with Crippen LogP contribution in [0.3, 0.4) is 0 Å². The maximum Gasteiger partial charge on any atom is 0.312 e. The first-order valence-electron chi connectivity index (χ1n) is 24.5. The molecular weight excluding hydrogens is 941 g/mol. The van der Waals surface area contributed by atoms with Gasteiger partial charge in [-0.1, -0.05) is 80.6 Å². The van der Waals surface area contributed by atoms with E-state index in [4.69, 9.17) is 16.2 Å². The number of urea groups is 1. The van der Waals surface area contributed by atoms with Crippen LogP contribution in [0.1, 0.15) is 148 Å². The van der Waals surface area contributed by atoms with Crippen LogP contribution in [0, 0.1) is 17.8 Å². The van der Waals surface area contributed by atoms with Gasteiger partial charge in [-0.2, -0.15) is 0 Å². The highest BCUT2D eigenvalue weighted by Gasteiger charge is 2.39. The molecule has 0 spiro atoms. The summed E-state index contributed by atoms with van der Waals surface area (Å²) in [6, 6.07) is 0.683. The summed E-state index contributed by atoms with van der Waals surface area (Å²) in [6.45, 7) is 16.1. The third kappa shape index (κ3) is 18.2. The second-order valence-electron chi connectivity index (χ2n) is 18.9. The standard InChI is InChI=1S/C48H78N10O10S2/c1-10-12-13-15-26-58(47(64)41(31(7)11-2)55-44(62)37-19-14-16-25-57(37)9)38(29(3)4)27-39(68-32(8)59)46-54-36(28-69-46)43(61)56-70(66,67)34-22-20-33(21-23-34)52-42(60)35(18-17-24-51-48(50)65)53-45(63)40(49)30(5)6/h20-23,28-31,35,37-41H,10-19,24-27,49H2,1-9H3,(H,52,60)(H,53,63)(H,55,62)(H,56,61)(H3,50,51,65)/t31-,35-,37+,38+,39+,40-,41-/m0/s1. The molecule has 1 aromatic carbocycles. The van der Waals surface area contributed by atoms with Gasteiger partial charge in [0.1, 0.15) is 22.8 Å². The van der Waals surface area contributed by atoms with E-state index in [-0.39, 0.29) is 82.7 Å². The number of nitrogens with zero attached hydrogens (tertiary/aromatic N) is 3. The van der Waals surface area contributed by atoms with Crippen LogP contribution >= 0.6 is 11.3 Å². The molecule has 1 aliphatic rings. The number of thiazole rings is 1. The van der Waals surface area contributed by atoms with Gasteiger partial charge in [0.25, 0.3) is 15.9 Å². The van der Waals surface area contributed by atoms with Crippen LogP contribution in [0.5, 0.6) is 0 Å². The SMILES string of the molecule is CCCCCCN(C(=O)[C@@H](NC(=O)[C@H]1CCCCN1C)[C@@H](C)CC)[C@H](C[C@@H](OC(C)=O)c1nc(C(=O)NS(=O)(=O)c2ccc(NC(=O)[C@H](CCCNC(N)=O)NC(=O)[C@@H](N)C(C)C)cc2)cs1)C(C)C. The van der Waals surface area contributed by atoms with Crippen LogP contribution in [0.2, 0.25) is 0 Å². The molecule has 392 valence electrons. The number of nitrogens with one attached hydrogen (secondary N) is 5. The summed E-state index contributed by atoms with van der Waals surface area (Å²) in [5.41, 5.74) is 11.1. The van der Waals surface area contributed by atoms with Crippen LogP contribution in [0.25, 0.3) is 0 Å². The van der Waals surface area contributed by atoms with Crippen molar-refractivity contribution < 1.29 is 46.7 Å². The van der Waals surface area contributed by atoms with Crippen LogP contribution in [-0.2, 0) is 38.7 Å². The van der Waals surface area contributed by atoms with Gasteiger partial charge in [0, 0.05) is 43.5 Å². The van der Waals surface area contributed by atoms with Crippen LogP contribution in [0.4, 0.5) is 10.5 Å². The topological polar surface area (TPSA) is 294 Å². The summed E-state index contributed by atoms with van der Waals surface area (Å²) in [6.07, 6.45) is 6.37. The highest BCUT2D eigenvalue weighted by molar-refractivity contribution is 7.90. The number of nitrogens with two attached hydrogens (primary N) is 2. The summed E-state index contributed by atoms with van der Waals surface area (Å²) >= 11 is 1.00. The maximum atomic E-state index is 14.9. The van der Waals surface area contributed by atoms with Crippen LogP contribution in [-0.4, -0.2) is 122 Å². The minimum absolute atomic E-state index is 0.115. The van der Waals surface area contributed by atoms with E-state index in [0.717, 1.165) is 50.0 Å². The molecular formula is C48H78N10O10S2. The molecule has 70 heavy (non-hydrogen) atoms. The largest absolute Gasteiger partial charge is 0.455 e. The monoisotopic (exact) mass is 1020 g/mol. The molecule has 20 nitrogen and oxygen atoms in total. The molecule has 1 saturated heterocycles. The third-order valence-electron chi connectivity index (χ3n) is 12.6. The zero-order valence-electron chi connectivity index (χ0n) is 42.4. The lowest BCUT2D eigenvalue weighted by Gasteiger charge is -2.40. The number of ether oxygens (including phenoxy) is 1. The fourth-order valence-corrected chi connectivity index (χ4v) is 9.92. The van der Waals surface area contributed by atoms with Crippen molar-refractivity contribution in [2.45, 2.75) is 167 Å². The third-order valence-corrected chi connectivity index (χ3v) is 14.9. The molecule has 2 heterocycles.